The molecule has 3 heteroatoms. The van der Waals surface area contributed by atoms with E-state index in [4.69, 9.17) is 0 Å². The summed E-state index contributed by atoms with van der Waals surface area (Å²) in [5, 5.41) is 6.28. The van der Waals surface area contributed by atoms with Gasteiger partial charge < -0.3 is 10.6 Å². The molecule has 0 aromatic carbocycles. The molecular weight excluding hydrogens is 188 g/mol. The predicted octanol–water partition coefficient (Wildman–Crippen LogP) is 1.46. The molecule has 0 radical (unpaired) electrons. The number of carbonyl (C=O) groups excluding carboxylic acids is 1. The maximum Gasteiger partial charge on any atom is 0.223 e. The van der Waals surface area contributed by atoms with Crippen molar-refractivity contribution < 1.29 is 4.79 Å². The van der Waals surface area contributed by atoms with Gasteiger partial charge in [0.25, 0.3) is 0 Å². The van der Waals surface area contributed by atoms with Gasteiger partial charge in [0, 0.05) is 19.0 Å². The van der Waals surface area contributed by atoms with Crippen molar-refractivity contribution in [1.82, 2.24) is 10.6 Å². The standard InChI is InChI=1S/C12H22N2O/c1-3-11(4-2)12(15)14-9-10-5-7-13-8-6-10/h5,11,13H,3-4,6-9H2,1-2H3,(H,14,15). The highest BCUT2D eigenvalue weighted by atomic mass is 16.1. The van der Waals surface area contributed by atoms with Gasteiger partial charge in [0.1, 0.15) is 0 Å². The van der Waals surface area contributed by atoms with E-state index in [2.05, 4.69) is 30.6 Å². The second kappa shape index (κ2) is 6.62. The first-order valence-corrected chi connectivity index (χ1v) is 5.94. The quantitative estimate of drug-likeness (QED) is 0.674. The van der Waals surface area contributed by atoms with Crippen LogP contribution in [0.4, 0.5) is 0 Å². The molecule has 0 unspecified atom stereocenters. The summed E-state index contributed by atoms with van der Waals surface area (Å²) in [7, 11) is 0. The summed E-state index contributed by atoms with van der Waals surface area (Å²) in [5.41, 5.74) is 1.35. The summed E-state index contributed by atoms with van der Waals surface area (Å²) in [5.74, 6) is 0.395. The average Bonchev–Trinajstić information content (AvgIpc) is 2.29. The van der Waals surface area contributed by atoms with E-state index in [1.54, 1.807) is 0 Å². The van der Waals surface area contributed by atoms with Crippen molar-refractivity contribution >= 4 is 5.91 Å². The zero-order valence-corrected chi connectivity index (χ0v) is 9.81. The molecule has 0 atom stereocenters. The molecule has 0 spiro atoms. The molecule has 1 rings (SSSR count). The van der Waals surface area contributed by atoms with E-state index in [0.717, 1.165) is 38.9 Å². The highest BCUT2D eigenvalue weighted by Crippen LogP contribution is 2.08. The van der Waals surface area contributed by atoms with Gasteiger partial charge in [-0.15, -0.1) is 0 Å². The van der Waals surface area contributed by atoms with Crippen molar-refractivity contribution in [3.63, 3.8) is 0 Å². The largest absolute Gasteiger partial charge is 0.352 e. The van der Waals surface area contributed by atoms with E-state index >= 15 is 0 Å². The van der Waals surface area contributed by atoms with Crippen LogP contribution in [-0.2, 0) is 4.79 Å². The first-order chi connectivity index (χ1) is 7.27. The third-order valence-electron chi connectivity index (χ3n) is 3.00. The number of rotatable bonds is 5. The van der Waals surface area contributed by atoms with E-state index in [1.807, 2.05) is 0 Å². The molecule has 3 nitrogen and oxygen atoms in total. The number of nitrogens with one attached hydrogen (secondary N) is 2. The number of carbonyl (C=O) groups is 1. The molecule has 1 aliphatic heterocycles. The van der Waals surface area contributed by atoms with Crippen LogP contribution in [-0.4, -0.2) is 25.5 Å². The van der Waals surface area contributed by atoms with Crippen LogP contribution in [0.2, 0.25) is 0 Å². The van der Waals surface area contributed by atoms with Gasteiger partial charge in [0.15, 0.2) is 0 Å². The molecule has 0 fully saturated rings. The molecule has 0 bridgehead atoms. The molecule has 15 heavy (non-hydrogen) atoms. The van der Waals surface area contributed by atoms with Gasteiger partial charge in [0.2, 0.25) is 5.91 Å². The Morgan fingerprint density at radius 3 is 2.80 bits per heavy atom. The maximum atomic E-state index is 11.7. The Morgan fingerprint density at radius 1 is 1.53 bits per heavy atom. The third-order valence-corrected chi connectivity index (χ3v) is 3.00. The predicted molar refractivity (Wildman–Crippen MR) is 62.7 cm³/mol. The number of amides is 1. The van der Waals surface area contributed by atoms with E-state index in [1.165, 1.54) is 5.57 Å². The Morgan fingerprint density at radius 2 is 2.27 bits per heavy atom. The molecule has 0 saturated heterocycles. The Balaban J connectivity index is 2.29. The first kappa shape index (κ1) is 12.2. The topological polar surface area (TPSA) is 41.1 Å². The normalized spacial score (nSPS) is 16.3. The maximum absolute atomic E-state index is 11.7. The fourth-order valence-corrected chi connectivity index (χ4v) is 1.83. The van der Waals surface area contributed by atoms with Crippen LogP contribution in [0.5, 0.6) is 0 Å². The summed E-state index contributed by atoms with van der Waals surface area (Å²) in [4.78, 5) is 11.7. The Labute approximate surface area is 92.3 Å². The van der Waals surface area contributed by atoms with Crippen molar-refractivity contribution in [2.45, 2.75) is 33.1 Å². The van der Waals surface area contributed by atoms with Gasteiger partial charge in [-0.25, -0.2) is 0 Å². The minimum atomic E-state index is 0.187. The van der Waals surface area contributed by atoms with Crippen LogP contribution in [0, 0.1) is 5.92 Å². The lowest BCUT2D eigenvalue weighted by molar-refractivity contribution is -0.125. The van der Waals surface area contributed by atoms with Crippen LogP contribution < -0.4 is 10.6 Å². The van der Waals surface area contributed by atoms with Gasteiger partial charge in [0.05, 0.1) is 0 Å². The van der Waals surface area contributed by atoms with E-state index < -0.39 is 0 Å². The van der Waals surface area contributed by atoms with Crippen LogP contribution in [0.25, 0.3) is 0 Å². The van der Waals surface area contributed by atoms with Gasteiger partial charge in [-0.1, -0.05) is 25.5 Å². The minimum Gasteiger partial charge on any atom is -0.352 e. The van der Waals surface area contributed by atoms with E-state index in [0.29, 0.717) is 0 Å². The lowest BCUT2D eigenvalue weighted by Gasteiger charge is -2.17. The fourth-order valence-electron chi connectivity index (χ4n) is 1.83. The molecule has 0 aromatic heterocycles. The Kier molecular flexibility index (Phi) is 5.40. The smallest absolute Gasteiger partial charge is 0.223 e. The third kappa shape index (κ3) is 4.04. The van der Waals surface area contributed by atoms with Gasteiger partial charge >= 0.3 is 0 Å². The molecular formula is C12H22N2O. The zero-order valence-electron chi connectivity index (χ0n) is 9.81. The average molecular weight is 210 g/mol. The molecule has 2 N–H and O–H groups in total. The monoisotopic (exact) mass is 210 g/mol. The van der Waals surface area contributed by atoms with Crippen LogP contribution >= 0.6 is 0 Å². The molecule has 86 valence electrons. The molecule has 0 aliphatic carbocycles. The van der Waals surface area contributed by atoms with Crippen molar-refractivity contribution in [2.24, 2.45) is 5.92 Å². The lowest BCUT2D eigenvalue weighted by Crippen LogP contribution is -2.33. The summed E-state index contributed by atoms with van der Waals surface area (Å²) in [6.07, 6.45) is 5.10. The lowest BCUT2D eigenvalue weighted by atomic mass is 10.0. The van der Waals surface area contributed by atoms with Gasteiger partial charge in [-0.05, 0) is 25.8 Å². The first-order valence-electron chi connectivity index (χ1n) is 5.94. The van der Waals surface area contributed by atoms with Crippen molar-refractivity contribution in [3.05, 3.63) is 11.6 Å². The number of hydrogen-bond acceptors (Lipinski definition) is 2. The van der Waals surface area contributed by atoms with Crippen LogP contribution in [0.3, 0.4) is 0 Å². The molecule has 1 amide bonds. The molecule has 1 heterocycles. The highest BCUT2D eigenvalue weighted by molar-refractivity contribution is 5.78. The zero-order chi connectivity index (χ0) is 11.1. The fraction of sp³-hybridized carbons (Fsp3) is 0.750. The molecule has 0 aromatic rings. The van der Waals surface area contributed by atoms with Crippen molar-refractivity contribution in [3.8, 4) is 0 Å². The SMILES string of the molecule is CCC(CC)C(=O)NCC1=CCNCC1. The Hall–Kier alpha value is -0.830. The molecule has 1 aliphatic rings. The molecule has 0 saturated carbocycles. The van der Waals surface area contributed by atoms with Crippen LogP contribution in [0.15, 0.2) is 11.6 Å². The van der Waals surface area contributed by atoms with Gasteiger partial charge in [-0.2, -0.15) is 0 Å². The summed E-state index contributed by atoms with van der Waals surface area (Å²) in [6, 6.07) is 0. The Bertz CT molecular complexity index is 232. The second-order valence-electron chi connectivity index (χ2n) is 4.05. The van der Waals surface area contributed by atoms with Crippen molar-refractivity contribution in [2.75, 3.05) is 19.6 Å². The van der Waals surface area contributed by atoms with Gasteiger partial charge in [-0.3, -0.25) is 4.79 Å². The van der Waals surface area contributed by atoms with Crippen molar-refractivity contribution in [1.29, 1.82) is 0 Å². The summed E-state index contributed by atoms with van der Waals surface area (Å²) >= 11 is 0. The second-order valence-corrected chi connectivity index (χ2v) is 4.05. The highest BCUT2D eigenvalue weighted by Gasteiger charge is 2.13. The summed E-state index contributed by atoms with van der Waals surface area (Å²) < 4.78 is 0. The summed E-state index contributed by atoms with van der Waals surface area (Å²) in [6.45, 7) is 6.84. The van der Waals surface area contributed by atoms with E-state index in [9.17, 15) is 4.79 Å². The van der Waals surface area contributed by atoms with E-state index in [-0.39, 0.29) is 11.8 Å². The van der Waals surface area contributed by atoms with Crippen LogP contribution in [0.1, 0.15) is 33.1 Å². The number of hydrogen-bond donors (Lipinski definition) is 2. The minimum absolute atomic E-state index is 0.187.